The topological polar surface area (TPSA) is 76.1 Å². The van der Waals surface area contributed by atoms with Crippen molar-refractivity contribution in [3.63, 3.8) is 0 Å². The van der Waals surface area contributed by atoms with Gasteiger partial charge in [-0.15, -0.1) is 0 Å². The van der Waals surface area contributed by atoms with Crippen molar-refractivity contribution in [3.8, 4) is 5.75 Å². The van der Waals surface area contributed by atoms with Gasteiger partial charge in [0.15, 0.2) is 0 Å². The summed E-state index contributed by atoms with van der Waals surface area (Å²) in [5.74, 6) is 1.43. The Labute approximate surface area is 162 Å². The first-order valence-corrected chi connectivity index (χ1v) is 8.66. The van der Waals surface area contributed by atoms with Crippen LogP contribution in [0.3, 0.4) is 0 Å². The first kappa shape index (κ1) is 18.7. The summed E-state index contributed by atoms with van der Waals surface area (Å²) in [5.41, 5.74) is 2.76. The van der Waals surface area contributed by atoms with E-state index in [2.05, 4.69) is 20.6 Å². The van der Waals surface area contributed by atoms with E-state index in [1.165, 1.54) is 0 Å². The molecule has 0 aliphatic carbocycles. The number of hydrogen-bond donors (Lipinski definition) is 2. The molecule has 0 aliphatic rings. The van der Waals surface area contributed by atoms with Gasteiger partial charge in [0.2, 0.25) is 0 Å². The number of ether oxygens (including phenoxy) is 1. The minimum atomic E-state index is -0.318. The molecule has 2 N–H and O–H groups in total. The number of carbonyl (C=O) groups excluding carboxylic acids is 1. The minimum absolute atomic E-state index is 0.271. The molecule has 6 nitrogen and oxygen atoms in total. The van der Waals surface area contributed by atoms with Crippen molar-refractivity contribution < 1.29 is 9.53 Å². The standard InChI is InChI=1S/C20H19ClN4O2/c1-12-10-14(21)4-9-17(12)25-19-11-18(22-13(2)23-19)20(26)24-15-5-7-16(27-3)8-6-15/h4-11H,1-3H3,(H,24,26)(H,22,23,25). The van der Waals surface area contributed by atoms with Crippen LogP contribution in [0.25, 0.3) is 0 Å². The molecular weight excluding hydrogens is 364 g/mol. The molecule has 0 atom stereocenters. The van der Waals surface area contributed by atoms with E-state index in [1.54, 1.807) is 50.4 Å². The van der Waals surface area contributed by atoms with Gasteiger partial charge in [-0.2, -0.15) is 0 Å². The van der Waals surface area contributed by atoms with Gasteiger partial charge in [-0.3, -0.25) is 4.79 Å². The maximum atomic E-state index is 12.6. The van der Waals surface area contributed by atoms with Gasteiger partial charge in [-0.25, -0.2) is 9.97 Å². The number of halogens is 1. The molecule has 0 spiro atoms. The highest BCUT2D eigenvalue weighted by Crippen LogP contribution is 2.23. The van der Waals surface area contributed by atoms with E-state index in [1.807, 2.05) is 19.1 Å². The number of amides is 1. The van der Waals surface area contributed by atoms with Crippen molar-refractivity contribution >= 4 is 34.7 Å². The lowest BCUT2D eigenvalue weighted by atomic mass is 10.2. The van der Waals surface area contributed by atoms with Crippen LogP contribution in [0.4, 0.5) is 17.2 Å². The molecule has 7 heteroatoms. The van der Waals surface area contributed by atoms with Gasteiger partial charge < -0.3 is 15.4 Å². The van der Waals surface area contributed by atoms with Crippen molar-refractivity contribution in [2.75, 3.05) is 17.7 Å². The fourth-order valence-corrected chi connectivity index (χ4v) is 2.75. The van der Waals surface area contributed by atoms with E-state index in [4.69, 9.17) is 16.3 Å². The highest BCUT2D eigenvalue weighted by Gasteiger charge is 2.12. The van der Waals surface area contributed by atoms with Crippen molar-refractivity contribution in [1.82, 2.24) is 9.97 Å². The lowest BCUT2D eigenvalue weighted by molar-refractivity contribution is 0.102. The maximum absolute atomic E-state index is 12.6. The first-order chi connectivity index (χ1) is 12.9. The zero-order valence-electron chi connectivity index (χ0n) is 15.2. The van der Waals surface area contributed by atoms with Crippen LogP contribution in [0.15, 0.2) is 48.5 Å². The van der Waals surface area contributed by atoms with E-state index in [0.29, 0.717) is 22.4 Å². The first-order valence-electron chi connectivity index (χ1n) is 8.29. The molecule has 0 unspecified atom stereocenters. The summed E-state index contributed by atoms with van der Waals surface area (Å²) < 4.78 is 5.11. The quantitative estimate of drug-likeness (QED) is 0.665. The molecule has 27 heavy (non-hydrogen) atoms. The predicted octanol–water partition coefficient (Wildman–Crippen LogP) is 4.75. The summed E-state index contributed by atoms with van der Waals surface area (Å²) in [7, 11) is 1.59. The van der Waals surface area contributed by atoms with E-state index in [9.17, 15) is 4.79 Å². The number of anilines is 3. The van der Waals surface area contributed by atoms with E-state index < -0.39 is 0 Å². The number of nitrogens with one attached hydrogen (secondary N) is 2. The van der Waals surface area contributed by atoms with Crippen LogP contribution < -0.4 is 15.4 Å². The lowest BCUT2D eigenvalue weighted by Gasteiger charge is -2.11. The van der Waals surface area contributed by atoms with Crippen molar-refractivity contribution in [2.24, 2.45) is 0 Å². The largest absolute Gasteiger partial charge is 0.497 e. The predicted molar refractivity (Wildman–Crippen MR) is 107 cm³/mol. The second kappa shape index (κ2) is 8.05. The monoisotopic (exact) mass is 382 g/mol. The van der Waals surface area contributed by atoms with E-state index in [-0.39, 0.29) is 11.6 Å². The van der Waals surface area contributed by atoms with Crippen LogP contribution in [0.1, 0.15) is 21.9 Å². The molecule has 2 aromatic carbocycles. The molecule has 0 aliphatic heterocycles. The van der Waals surface area contributed by atoms with Crippen LogP contribution in [-0.4, -0.2) is 23.0 Å². The SMILES string of the molecule is COc1ccc(NC(=O)c2cc(Nc3ccc(Cl)cc3C)nc(C)n2)cc1. The third kappa shape index (κ3) is 4.74. The molecule has 3 rings (SSSR count). The van der Waals surface area contributed by atoms with Crippen LogP contribution >= 0.6 is 11.6 Å². The van der Waals surface area contributed by atoms with Gasteiger partial charge in [0.1, 0.15) is 23.1 Å². The third-order valence-electron chi connectivity index (χ3n) is 3.87. The van der Waals surface area contributed by atoms with Gasteiger partial charge in [0.05, 0.1) is 7.11 Å². The Morgan fingerprint density at radius 3 is 2.44 bits per heavy atom. The Kier molecular flexibility index (Phi) is 5.57. The molecule has 0 radical (unpaired) electrons. The highest BCUT2D eigenvalue weighted by molar-refractivity contribution is 6.30. The van der Waals surface area contributed by atoms with Crippen molar-refractivity contribution in [1.29, 1.82) is 0 Å². The summed E-state index contributed by atoms with van der Waals surface area (Å²) in [6.45, 7) is 3.68. The number of carbonyl (C=O) groups is 1. The van der Waals surface area contributed by atoms with Crippen molar-refractivity contribution in [2.45, 2.75) is 13.8 Å². The number of aromatic nitrogens is 2. The van der Waals surface area contributed by atoms with E-state index in [0.717, 1.165) is 17.0 Å². The van der Waals surface area contributed by atoms with E-state index >= 15 is 0 Å². The fraction of sp³-hybridized carbons (Fsp3) is 0.150. The molecule has 0 saturated heterocycles. The van der Waals surface area contributed by atoms with Gasteiger partial charge in [0.25, 0.3) is 5.91 Å². The second-order valence-electron chi connectivity index (χ2n) is 5.95. The van der Waals surface area contributed by atoms with Gasteiger partial charge in [-0.05, 0) is 61.9 Å². The third-order valence-corrected chi connectivity index (χ3v) is 4.10. The van der Waals surface area contributed by atoms with Crippen LogP contribution in [-0.2, 0) is 0 Å². The van der Waals surface area contributed by atoms with Crippen LogP contribution in [0, 0.1) is 13.8 Å². The van der Waals surface area contributed by atoms with Gasteiger partial charge in [0, 0.05) is 22.5 Å². The number of nitrogens with zero attached hydrogens (tertiary/aromatic N) is 2. The zero-order chi connectivity index (χ0) is 19.4. The summed E-state index contributed by atoms with van der Waals surface area (Å²) in [5, 5.41) is 6.69. The number of methoxy groups -OCH3 is 1. The number of hydrogen-bond acceptors (Lipinski definition) is 5. The maximum Gasteiger partial charge on any atom is 0.274 e. The summed E-state index contributed by atoms with van der Waals surface area (Å²) in [4.78, 5) is 21.1. The Hall–Kier alpha value is -3.12. The average Bonchev–Trinajstić information content (AvgIpc) is 2.64. The Morgan fingerprint density at radius 1 is 1.04 bits per heavy atom. The normalized spacial score (nSPS) is 10.4. The lowest BCUT2D eigenvalue weighted by Crippen LogP contribution is -2.15. The molecule has 1 heterocycles. The summed E-state index contributed by atoms with van der Waals surface area (Å²) >= 11 is 5.99. The smallest absolute Gasteiger partial charge is 0.274 e. The second-order valence-corrected chi connectivity index (χ2v) is 6.39. The molecule has 3 aromatic rings. The Balaban J connectivity index is 1.80. The van der Waals surface area contributed by atoms with Crippen LogP contribution in [0.2, 0.25) is 5.02 Å². The minimum Gasteiger partial charge on any atom is -0.497 e. The number of aryl methyl sites for hydroxylation is 2. The molecule has 0 bridgehead atoms. The molecule has 1 aromatic heterocycles. The fourth-order valence-electron chi connectivity index (χ4n) is 2.52. The zero-order valence-corrected chi connectivity index (χ0v) is 16.0. The molecular formula is C20H19ClN4O2. The molecule has 1 amide bonds. The number of benzene rings is 2. The Morgan fingerprint density at radius 2 is 1.78 bits per heavy atom. The highest BCUT2D eigenvalue weighted by atomic mass is 35.5. The molecule has 138 valence electrons. The van der Waals surface area contributed by atoms with Gasteiger partial charge in [-0.1, -0.05) is 11.6 Å². The molecule has 0 fully saturated rings. The van der Waals surface area contributed by atoms with Crippen molar-refractivity contribution in [3.05, 3.63) is 70.6 Å². The van der Waals surface area contributed by atoms with Crippen LogP contribution in [0.5, 0.6) is 5.75 Å². The Bertz CT molecular complexity index is 974. The number of rotatable bonds is 5. The summed E-state index contributed by atoms with van der Waals surface area (Å²) in [6.07, 6.45) is 0. The molecule has 0 saturated carbocycles. The average molecular weight is 383 g/mol. The summed E-state index contributed by atoms with van der Waals surface area (Å²) in [6, 6.07) is 14.2. The van der Waals surface area contributed by atoms with Gasteiger partial charge >= 0.3 is 0 Å².